The standard InChI is InChI=1S/C18H22N4O2/c1-13-19-15(12-21(13)3)17-11-14(16-7-5-6-8-22(16)17)18(23)20(2)9-10-24-4/h5-8,11-12H,9-10H2,1-4H3. The van der Waals surface area contributed by atoms with Gasteiger partial charge in [-0.25, -0.2) is 4.98 Å². The molecule has 0 saturated heterocycles. The molecule has 0 bridgehead atoms. The Balaban J connectivity index is 2.08. The molecule has 1 amide bonds. The van der Waals surface area contributed by atoms with Gasteiger partial charge < -0.3 is 18.6 Å². The van der Waals surface area contributed by atoms with Gasteiger partial charge in [-0.3, -0.25) is 4.79 Å². The van der Waals surface area contributed by atoms with E-state index in [1.165, 1.54) is 0 Å². The molecule has 3 heterocycles. The number of amides is 1. The van der Waals surface area contributed by atoms with Crippen LogP contribution in [0.5, 0.6) is 0 Å². The van der Waals surface area contributed by atoms with Gasteiger partial charge in [-0.1, -0.05) is 6.07 Å². The third-order valence-electron chi connectivity index (χ3n) is 4.26. The number of likely N-dealkylation sites (N-methyl/N-ethyl adjacent to an activating group) is 1. The fourth-order valence-corrected chi connectivity index (χ4v) is 2.74. The van der Waals surface area contributed by atoms with E-state index in [0.29, 0.717) is 18.7 Å². The molecule has 6 heteroatoms. The minimum atomic E-state index is -0.0188. The number of aryl methyl sites for hydroxylation is 2. The van der Waals surface area contributed by atoms with Crippen molar-refractivity contribution in [1.29, 1.82) is 0 Å². The molecule has 0 saturated carbocycles. The average molecular weight is 326 g/mol. The van der Waals surface area contributed by atoms with Crippen LogP contribution in [0.3, 0.4) is 0 Å². The summed E-state index contributed by atoms with van der Waals surface area (Å²) in [5.41, 5.74) is 3.32. The average Bonchev–Trinajstić information content (AvgIpc) is 3.12. The van der Waals surface area contributed by atoms with Crippen LogP contribution in [0.25, 0.3) is 16.9 Å². The number of hydrogen-bond acceptors (Lipinski definition) is 3. The van der Waals surface area contributed by atoms with Crippen molar-refractivity contribution in [3.8, 4) is 11.4 Å². The zero-order valence-corrected chi connectivity index (χ0v) is 14.5. The van der Waals surface area contributed by atoms with Gasteiger partial charge in [0.1, 0.15) is 11.5 Å². The first-order valence-electron chi connectivity index (χ1n) is 7.87. The number of fused-ring (bicyclic) bond motifs is 1. The van der Waals surface area contributed by atoms with E-state index in [0.717, 1.165) is 22.7 Å². The molecule has 0 aliphatic rings. The number of pyridine rings is 1. The lowest BCUT2D eigenvalue weighted by atomic mass is 10.2. The maximum absolute atomic E-state index is 12.8. The molecule has 0 aliphatic heterocycles. The van der Waals surface area contributed by atoms with Crippen LogP contribution < -0.4 is 0 Å². The second kappa shape index (κ2) is 6.49. The maximum Gasteiger partial charge on any atom is 0.255 e. The Morgan fingerprint density at radius 2 is 2.17 bits per heavy atom. The van der Waals surface area contributed by atoms with Crippen molar-refractivity contribution in [3.05, 3.63) is 48.0 Å². The van der Waals surface area contributed by atoms with Crippen LogP contribution in [0, 0.1) is 6.92 Å². The van der Waals surface area contributed by atoms with Gasteiger partial charge in [0.05, 0.1) is 23.4 Å². The van der Waals surface area contributed by atoms with Gasteiger partial charge in [-0.05, 0) is 25.1 Å². The second-order valence-electron chi connectivity index (χ2n) is 5.90. The SMILES string of the molecule is COCCN(C)C(=O)c1cc(-c2cn(C)c(C)n2)n2ccccc12. The molecule has 0 spiro atoms. The molecule has 126 valence electrons. The zero-order valence-electron chi connectivity index (χ0n) is 14.5. The summed E-state index contributed by atoms with van der Waals surface area (Å²) < 4.78 is 9.05. The number of aromatic nitrogens is 3. The van der Waals surface area contributed by atoms with E-state index in [1.54, 1.807) is 19.1 Å². The zero-order chi connectivity index (χ0) is 17.3. The molecule has 0 fully saturated rings. The molecule has 0 unspecified atom stereocenters. The summed E-state index contributed by atoms with van der Waals surface area (Å²) in [6.07, 6.45) is 3.94. The Morgan fingerprint density at radius 1 is 1.38 bits per heavy atom. The van der Waals surface area contributed by atoms with Gasteiger partial charge in [0.25, 0.3) is 5.91 Å². The lowest BCUT2D eigenvalue weighted by Gasteiger charge is -2.16. The summed E-state index contributed by atoms with van der Waals surface area (Å²) in [7, 11) is 5.39. The van der Waals surface area contributed by atoms with Gasteiger partial charge >= 0.3 is 0 Å². The largest absolute Gasteiger partial charge is 0.383 e. The molecular formula is C18H22N4O2. The summed E-state index contributed by atoms with van der Waals surface area (Å²) in [5.74, 6) is 0.913. The summed E-state index contributed by atoms with van der Waals surface area (Å²) >= 11 is 0. The third-order valence-corrected chi connectivity index (χ3v) is 4.26. The summed E-state index contributed by atoms with van der Waals surface area (Å²) in [4.78, 5) is 19.1. The van der Waals surface area contributed by atoms with Crippen LogP contribution in [0.4, 0.5) is 0 Å². The van der Waals surface area contributed by atoms with Crippen LogP contribution in [0.2, 0.25) is 0 Å². The van der Waals surface area contributed by atoms with Crippen molar-refractivity contribution in [2.75, 3.05) is 27.3 Å². The van der Waals surface area contributed by atoms with E-state index in [4.69, 9.17) is 4.74 Å². The lowest BCUT2D eigenvalue weighted by Crippen LogP contribution is -2.29. The number of imidazole rings is 1. The molecule has 0 aliphatic carbocycles. The van der Waals surface area contributed by atoms with Crippen molar-refractivity contribution in [2.45, 2.75) is 6.92 Å². The molecule has 24 heavy (non-hydrogen) atoms. The predicted molar refractivity (Wildman–Crippen MR) is 93.2 cm³/mol. The summed E-state index contributed by atoms with van der Waals surface area (Å²) in [5, 5.41) is 0. The van der Waals surface area contributed by atoms with Gasteiger partial charge in [-0.2, -0.15) is 0 Å². The van der Waals surface area contributed by atoms with E-state index in [9.17, 15) is 4.79 Å². The topological polar surface area (TPSA) is 51.8 Å². The number of rotatable bonds is 5. The monoisotopic (exact) mass is 326 g/mol. The second-order valence-corrected chi connectivity index (χ2v) is 5.90. The Labute approximate surface area is 141 Å². The molecule has 3 aromatic heterocycles. The van der Waals surface area contributed by atoms with Crippen molar-refractivity contribution >= 4 is 11.4 Å². The van der Waals surface area contributed by atoms with Crippen molar-refractivity contribution in [1.82, 2.24) is 18.9 Å². The van der Waals surface area contributed by atoms with Gasteiger partial charge in [0.15, 0.2) is 0 Å². The van der Waals surface area contributed by atoms with E-state index in [2.05, 4.69) is 4.98 Å². The Hall–Kier alpha value is -2.60. The predicted octanol–water partition coefficient (Wildman–Crippen LogP) is 2.37. The van der Waals surface area contributed by atoms with Gasteiger partial charge in [0.2, 0.25) is 0 Å². The highest BCUT2D eigenvalue weighted by molar-refractivity contribution is 6.02. The first-order chi connectivity index (χ1) is 11.5. The Bertz CT molecular complexity index is 859. The smallest absolute Gasteiger partial charge is 0.255 e. The number of carbonyl (C=O) groups excluding carboxylic acids is 1. The van der Waals surface area contributed by atoms with E-state index in [1.807, 2.05) is 59.6 Å². The van der Waals surface area contributed by atoms with Crippen molar-refractivity contribution < 1.29 is 9.53 Å². The highest BCUT2D eigenvalue weighted by Crippen LogP contribution is 2.26. The van der Waals surface area contributed by atoms with E-state index < -0.39 is 0 Å². The van der Waals surface area contributed by atoms with E-state index in [-0.39, 0.29) is 5.91 Å². The summed E-state index contributed by atoms with van der Waals surface area (Å²) in [6.45, 7) is 3.03. The van der Waals surface area contributed by atoms with Crippen LogP contribution in [-0.2, 0) is 11.8 Å². The molecule has 0 atom stereocenters. The maximum atomic E-state index is 12.8. The Morgan fingerprint density at radius 3 is 2.83 bits per heavy atom. The highest BCUT2D eigenvalue weighted by atomic mass is 16.5. The first kappa shape index (κ1) is 16.3. The number of carbonyl (C=O) groups is 1. The molecule has 0 aromatic carbocycles. The number of ether oxygens (including phenoxy) is 1. The minimum absolute atomic E-state index is 0.0188. The Kier molecular flexibility index (Phi) is 4.40. The van der Waals surface area contributed by atoms with Crippen LogP contribution in [0.15, 0.2) is 36.7 Å². The van der Waals surface area contributed by atoms with Crippen molar-refractivity contribution in [2.24, 2.45) is 7.05 Å². The minimum Gasteiger partial charge on any atom is -0.383 e. The highest BCUT2D eigenvalue weighted by Gasteiger charge is 2.20. The fraction of sp³-hybridized carbons (Fsp3) is 0.333. The normalized spacial score (nSPS) is 11.2. The first-order valence-corrected chi connectivity index (χ1v) is 7.87. The lowest BCUT2D eigenvalue weighted by molar-refractivity contribution is 0.0746. The van der Waals surface area contributed by atoms with E-state index >= 15 is 0 Å². The van der Waals surface area contributed by atoms with Crippen LogP contribution in [-0.4, -0.2) is 52.1 Å². The molecule has 0 radical (unpaired) electrons. The van der Waals surface area contributed by atoms with Gasteiger partial charge in [0, 0.05) is 40.1 Å². The van der Waals surface area contributed by atoms with Crippen LogP contribution >= 0.6 is 0 Å². The fourth-order valence-electron chi connectivity index (χ4n) is 2.74. The molecular weight excluding hydrogens is 304 g/mol. The molecule has 6 nitrogen and oxygen atoms in total. The van der Waals surface area contributed by atoms with Crippen LogP contribution in [0.1, 0.15) is 16.2 Å². The summed E-state index contributed by atoms with van der Waals surface area (Å²) in [6, 6.07) is 7.77. The molecule has 3 rings (SSSR count). The molecule has 0 N–H and O–H groups in total. The number of methoxy groups -OCH3 is 1. The van der Waals surface area contributed by atoms with Gasteiger partial charge in [-0.15, -0.1) is 0 Å². The third kappa shape index (κ3) is 2.80. The quantitative estimate of drug-likeness (QED) is 0.723. The van der Waals surface area contributed by atoms with Crippen molar-refractivity contribution in [3.63, 3.8) is 0 Å². The molecule has 3 aromatic rings. The number of hydrogen-bond donors (Lipinski definition) is 0. The number of nitrogens with zero attached hydrogens (tertiary/aromatic N) is 4.